The molecule has 1 aromatic heterocycles. The zero-order valence-corrected chi connectivity index (χ0v) is 12.3. The molecule has 0 aliphatic rings. The molecule has 0 amide bonds. The van der Waals surface area contributed by atoms with E-state index in [1.807, 2.05) is 18.4 Å². The smallest absolute Gasteiger partial charge is 0.0860 e. The minimum atomic E-state index is -0.435. The molecule has 16 heavy (non-hydrogen) atoms. The van der Waals surface area contributed by atoms with Crippen LogP contribution in [0, 0.1) is 5.92 Å². The van der Waals surface area contributed by atoms with Gasteiger partial charge in [-0.25, -0.2) is 0 Å². The SMILES string of the molecule is CCOC(C(C)C)C(O)Cc1sccc1Br. The lowest BCUT2D eigenvalue weighted by atomic mass is 9.99. The van der Waals surface area contributed by atoms with Crippen molar-refractivity contribution in [2.75, 3.05) is 6.61 Å². The van der Waals surface area contributed by atoms with E-state index in [-0.39, 0.29) is 6.10 Å². The Balaban J connectivity index is 2.62. The lowest BCUT2D eigenvalue weighted by molar-refractivity contribution is -0.0559. The van der Waals surface area contributed by atoms with E-state index >= 15 is 0 Å². The van der Waals surface area contributed by atoms with E-state index in [2.05, 4.69) is 29.8 Å². The van der Waals surface area contributed by atoms with Gasteiger partial charge >= 0.3 is 0 Å². The highest BCUT2D eigenvalue weighted by Crippen LogP contribution is 2.26. The van der Waals surface area contributed by atoms with Gasteiger partial charge in [-0.3, -0.25) is 0 Å². The van der Waals surface area contributed by atoms with Crippen molar-refractivity contribution in [2.24, 2.45) is 5.92 Å². The number of hydrogen-bond acceptors (Lipinski definition) is 3. The van der Waals surface area contributed by atoms with Crippen LogP contribution < -0.4 is 0 Å². The predicted molar refractivity (Wildman–Crippen MR) is 72.0 cm³/mol. The molecule has 0 spiro atoms. The van der Waals surface area contributed by atoms with Gasteiger partial charge in [-0.15, -0.1) is 11.3 Å². The zero-order chi connectivity index (χ0) is 12.1. The maximum absolute atomic E-state index is 10.2. The molecule has 0 aliphatic heterocycles. The quantitative estimate of drug-likeness (QED) is 0.872. The highest BCUT2D eigenvalue weighted by atomic mass is 79.9. The molecular weight excluding hydrogens is 288 g/mol. The first-order valence-electron chi connectivity index (χ1n) is 5.57. The summed E-state index contributed by atoms with van der Waals surface area (Å²) >= 11 is 5.14. The van der Waals surface area contributed by atoms with Crippen LogP contribution in [0.3, 0.4) is 0 Å². The number of thiophene rings is 1. The van der Waals surface area contributed by atoms with Crippen molar-refractivity contribution in [1.82, 2.24) is 0 Å². The third-order valence-electron chi connectivity index (χ3n) is 2.48. The molecule has 4 heteroatoms. The van der Waals surface area contributed by atoms with Crippen molar-refractivity contribution < 1.29 is 9.84 Å². The molecule has 0 bridgehead atoms. The van der Waals surface area contributed by atoms with Gasteiger partial charge in [-0.1, -0.05) is 13.8 Å². The summed E-state index contributed by atoms with van der Waals surface area (Å²) in [6, 6.07) is 2.01. The maximum atomic E-state index is 10.2. The van der Waals surface area contributed by atoms with Gasteiger partial charge in [0.15, 0.2) is 0 Å². The van der Waals surface area contributed by atoms with Crippen LogP contribution in [-0.2, 0) is 11.2 Å². The standard InChI is InChI=1S/C12H19BrO2S/c1-4-15-12(8(2)3)10(14)7-11-9(13)5-6-16-11/h5-6,8,10,12,14H,4,7H2,1-3H3. The topological polar surface area (TPSA) is 29.5 Å². The molecule has 1 N–H and O–H groups in total. The first kappa shape index (κ1) is 14.2. The minimum Gasteiger partial charge on any atom is -0.390 e. The van der Waals surface area contributed by atoms with Crippen molar-refractivity contribution in [3.05, 3.63) is 20.8 Å². The average molecular weight is 307 g/mol. The van der Waals surface area contributed by atoms with Gasteiger partial charge in [0, 0.05) is 22.4 Å². The van der Waals surface area contributed by atoms with Gasteiger partial charge < -0.3 is 9.84 Å². The van der Waals surface area contributed by atoms with E-state index in [9.17, 15) is 5.11 Å². The van der Waals surface area contributed by atoms with E-state index in [4.69, 9.17) is 4.74 Å². The molecule has 2 unspecified atom stereocenters. The van der Waals surface area contributed by atoms with E-state index in [1.165, 1.54) is 4.88 Å². The number of hydrogen-bond donors (Lipinski definition) is 1. The summed E-state index contributed by atoms with van der Waals surface area (Å²) < 4.78 is 6.67. The van der Waals surface area contributed by atoms with Crippen molar-refractivity contribution in [1.29, 1.82) is 0 Å². The summed E-state index contributed by atoms with van der Waals surface area (Å²) in [7, 11) is 0. The lowest BCUT2D eigenvalue weighted by Gasteiger charge is -2.26. The molecule has 0 radical (unpaired) electrons. The van der Waals surface area contributed by atoms with Crippen LogP contribution in [0.5, 0.6) is 0 Å². The Kier molecular flexibility index (Phi) is 5.97. The third-order valence-corrected chi connectivity index (χ3v) is 4.43. The molecule has 2 atom stereocenters. The molecule has 0 saturated heterocycles. The van der Waals surface area contributed by atoms with Gasteiger partial charge in [0.2, 0.25) is 0 Å². The number of rotatable bonds is 6. The van der Waals surface area contributed by atoms with E-state index in [0.717, 1.165) is 4.47 Å². The Bertz CT molecular complexity index is 312. The van der Waals surface area contributed by atoms with Crippen LogP contribution in [0.1, 0.15) is 25.6 Å². The van der Waals surface area contributed by atoms with Gasteiger partial charge in [-0.05, 0) is 40.2 Å². The van der Waals surface area contributed by atoms with E-state index < -0.39 is 6.10 Å². The summed E-state index contributed by atoms with van der Waals surface area (Å²) in [5.74, 6) is 0.327. The summed E-state index contributed by atoms with van der Waals surface area (Å²) in [4.78, 5) is 1.18. The summed E-state index contributed by atoms with van der Waals surface area (Å²) in [6.07, 6.45) is 0.134. The lowest BCUT2D eigenvalue weighted by Crippen LogP contribution is -2.35. The predicted octanol–water partition coefficient (Wildman–Crippen LogP) is 3.48. The van der Waals surface area contributed by atoms with Crippen LogP contribution in [0.2, 0.25) is 0 Å². The average Bonchev–Trinajstić information content (AvgIpc) is 2.60. The highest BCUT2D eigenvalue weighted by Gasteiger charge is 2.24. The number of aliphatic hydroxyl groups is 1. The van der Waals surface area contributed by atoms with Crippen molar-refractivity contribution in [2.45, 2.75) is 39.4 Å². The minimum absolute atomic E-state index is 0.0843. The van der Waals surface area contributed by atoms with Crippen LogP contribution in [0.25, 0.3) is 0 Å². The molecule has 0 fully saturated rings. The summed E-state index contributed by atoms with van der Waals surface area (Å²) in [5.41, 5.74) is 0. The van der Waals surface area contributed by atoms with Gasteiger partial charge in [0.05, 0.1) is 12.2 Å². The third kappa shape index (κ3) is 3.84. The van der Waals surface area contributed by atoms with Crippen LogP contribution >= 0.6 is 27.3 Å². The molecule has 1 aromatic rings. The first-order chi connectivity index (χ1) is 7.56. The molecular formula is C12H19BrO2S. The first-order valence-corrected chi connectivity index (χ1v) is 7.25. The van der Waals surface area contributed by atoms with Crippen LogP contribution in [-0.4, -0.2) is 23.9 Å². The second-order valence-electron chi connectivity index (χ2n) is 4.13. The van der Waals surface area contributed by atoms with Crippen molar-refractivity contribution >= 4 is 27.3 Å². The second-order valence-corrected chi connectivity index (χ2v) is 5.98. The Morgan fingerprint density at radius 1 is 1.50 bits per heavy atom. The Morgan fingerprint density at radius 2 is 2.19 bits per heavy atom. The molecule has 0 aromatic carbocycles. The highest BCUT2D eigenvalue weighted by molar-refractivity contribution is 9.10. The Labute approximate surface area is 110 Å². The maximum Gasteiger partial charge on any atom is 0.0860 e. The van der Waals surface area contributed by atoms with Gasteiger partial charge in [0.1, 0.15) is 0 Å². The second kappa shape index (κ2) is 6.74. The van der Waals surface area contributed by atoms with E-state index in [1.54, 1.807) is 11.3 Å². The molecule has 0 saturated carbocycles. The molecule has 92 valence electrons. The summed E-state index contributed by atoms with van der Waals surface area (Å²) in [6.45, 7) is 6.76. The fourth-order valence-corrected chi connectivity index (χ4v) is 3.28. The number of aliphatic hydroxyl groups excluding tert-OH is 1. The zero-order valence-electron chi connectivity index (χ0n) is 9.94. The summed E-state index contributed by atoms with van der Waals surface area (Å²) in [5, 5.41) is 12.2. The Morgan fingerprint density at radius 3 is 2.62 bits per heavy atom. The fourth-order valence-electron chi connectivity index (χ4n) is 1.72. The number of halogens is 1. The molecule has 2 nitrogen and oxygen atoms in total. The van der Waals surface area contributed by atoms with Crippen LogP contribution in [0.15, 0.2) is 15.9 Å². The molecule has 0 aliphatic carbocycles. The normalized spacial score (nSPS) is 15.4. The largest absolute Gasteiger partial charge is 0.390 e. The van der Waals surface area contributed by atoms with Gasteiger partial charge in [-0.2, -0.15) is 0 Å². The van der Waals surface area contributed by atoms with E-state index in [0.29, 0.717) is 18.9 Å². The molecule has 1 rings (SSSR count). The monoisotopic (exact) mass is 306 g/mol. The van der Waals surface area contributed by atoms with Crippen LogP contribution in [0.4, 0.5) is 0 Å². The number of ether oxygens (including phenoxy) is 1. The van der Waals surface area contributed by atoms with Gasteiger partial charge in [0.25, 0.3) is 0 Å². The van der Waals surface area contributed by atoms with Crippen molar-refractivity contribution in [3.8, 4) is 0 Å². The Hall–Kier alpha value is 0.100. The van der Waals surface area contributed by atoms with Crippen molar-refractivity contribution in [3.63, 3.8) is 0 Å². The molecule has 1 heterocycles. The fraction of sp³-hybridized carbons (Fsp3) is 0.667.